The van der Waals surface area contributed by atoms with Gasteiger partial charge in [0.05, 0.1) is 17.5 Å². The number of hydrogen-bond donors (Lipinski definition) is 3. The van der Waals surface area contributed by atoms with Gasteiger partial charge < -0.3 is 10.7 Å². The molecule has 0 aliphatic rings. The summed E-state index contributed by atoms with van der Waals surface area (Å²) in [6, 6.07) is 7.91. The van der Waals surface area contributed by atoms with E-state index < -0.39 is 0 Å². The van der Waals surface area contributed by atoms with Crippen LogP contribution in [0.3, 0.4) is 0 Å². The number of fused-ring (bicyclic) bond motifs is 3. The number of imidazole rings is 1. The minimum atomic E-state index is 0.460. The monoisotopic (exact) mass is 250 g/mol. The zero-order valence-electron chi connectivity index (χ0n) is 9.88. The maximum Gasteiger partial charge on any atom is 0.150 e. The van der Waals surface area contributed by atoms with Crippen molar-refractivity contribution in [3.05, 3.63) is 36.8 Å². The number of nitrogens with zero attached hydrogens (tertiary/aromatic N) is 3. The van der Waals surface area contributed by atoms with Crippen molar-refractivity contribution >= 4 is 27.8 Å². The van der Waals surface area contributed by atoms with Crippen molar-refractivity contribution in [2.75, 3.05) is 5.73 Å². The second-order valence-corrected chi connectivity index (χ2v) is 4.33. The summed E-state index contributed by atoms with van der Waals surface area (Å²) in [5, 5.41) is 7.86. The van der Waals surface area contributed by atoms with Crippen LogP contribution in [0.15, 0.2) is 36.8 Å². The Morgan fingerprint density at radius 3 is 2.95 bits per heavy atom. The summed E-state index contributed by atoms with van der Waals surface area (Å²) in [5.74, 6) is 0.460. The smallest absolute Gasteiger partial charge is 0.150 e. The summed E-state index contributed by atoms with van der Waals surface area (Å²) >= 11 is 0. The van der Waals surface area contributed by atoms with Gasteiger partial charge >= 0.3 is 0 Å². The third-order valence-corrected chi connectivity index (χ3v) is 3.20. The van der Waals surface area contributed by atoms with Crippen LogP contribution >= 0.6 is 0 Å². The fraction of sp³-hybridized carbons (Fsp3) is 0. The van der Waals surface area contributed by atoms with Gasteiger partial charge in [0.25, 0.3) is 0 Å². The third kappa shape index (κ3) is 1.40. The van der Waals surface area contributed by atoms with E-state index in [0.717, 1.165) is 33.2 Å². The number of aromatic nitrogens is 5. The standard InChI is InChI=1S/C13H10N6/c14-13-12-11(15-6-16-12)8-2-1-7(5-10(8)18-13)9-3-4-17-19-9/h1-6H,(H2,14,18)(H,15,16)(H,17,19). The first kappa shape index (κ1) is 10.1. The molecule has 0 unspecified atom stereocenters. The number of anilines is 1. The van der Waals surface area contributed by atoms with Crippen molar-refractivity contribution in [2.45, 2.75) is 0 Å². The molecular weight excluding hydrogens is 240 g/mol. The van der Waals surface area contributed by atoms with Crippen LogP contribution in [-0.4, -0.2) is 25.1 Å². The van der Waals surface area contributed by atoms with Crippen LogP contribution in [0.1, 0.15) is 0 Å². The number of aromatic amines is 2. The number of H-pyrrole nitrogens is 2. The lowest BCUT2D eigenvalue weighted by Gasteiger charge is -2.03. The Hall–Kier alpha value is -2.89. The fourth-order valence-electron chi connectivity index (χ4n) is 2.29. The van der Waals surface area contributed by atoms with Crippen molar-refractivity contribution in [2.24, 2.45) is 0 Å². The zero-order valence-corrected chi connectivity index (χ0v) is 9.88. The van der Waals surface area contributed by atoms with E-state index >= 15 is 0 Å². The number of hydrogen-bond acceptors (Lipinski definition) is 4. The lowest BCUT2D eigenvalue weighted by atomic mass is 10.1. The number of rotatable bonds is 1. The van der Waals surface area contributed by atoms with Crippen LogP contribution in [0.25, 0.3) is 33.2 Å². The summed E-state index contributed by atoms with van der Waals surface area (Å²) in [4.78, 5) is 11.7. The fourth-order valence-corrected chi connectivity index (χ4v) is 2.29. The number of nitrogens with one attached hydrogen (secondary N) is 2. The Kier molecular flexibility index (Phi) is 1.88. The Balaban J connectivity index is 2.07. The Morgan fingerprint density at radius 1 is 1.16 bits per heavy atom. The predicted octanol–water partition coefficient (Wildman–Crippen LogP) is 2.08. The van der Waals surface area contributed by atoms with E-state index in [1.165, 1.54) is 0 Å². The van der Waals surface area contributed by atoms with Crippen LogP contribution in [0.2, 0.25) is 0 Å². The largest absolute Gasteiger partial charge is 0.382 e. The molecule has 6 heteroatoms. The normalized spacial score (nSPS) is 11.4. The SMILES string of the molecule is Nc1nc2cc(-c3ccn[nH]3)ccc2c2nc[nH]c12. The van der Waals surface area contributed by atoms with Gasteiger partial charge in [-0.2, -0.15) is 5.10 Å². The van der Waals surface area contributed by atoms with Crippen LogP contribution in [0, 0.1) is 0 Å². The molecule has 19 heavy (non-hydrogen) atoms. The first-order valence-electron chi connectivity index (χ1n) is 5.85. The lowest BCUT2D eigenvalue weighted by Crippen LogP contribution is -1.93. The average Bonchev–Trinajstić information content (AvgIpc) is 3.10. The summed E-state index contributed by atoms with van der Waals surface area (Å²) in [6.07, 6.45) is 3.35. The average molecular weight is 250 g/mol. The van der Waals surface area contributed by atoms with Gasteiger partial charge in [0.1, 0.15) is 16.9 Å². The molecular formula is C13H10N6. The van der Waals surface area contributed by atoms with Gasteiger partial charge in [0, 0.05) is 17.1 Å². The second kappa shape index (κ2) is 3.55. The number of benzene rings is 1. The van der Waals surface area contributed by atoms with Gasteiger partial charge in [-0.05, 0) is 18.2 Å². The molecule has 6 nitrogen and oxygen atoms in total. The van der Waals surface area contributed by atoms with E-state index in [1.54, 1.807) is 12.5 Å². The minimum Gasteiger partial charge on any atom is -0.382 e. The highest BCUT2D eigenvalue weighted by Gasteiger charge is 2.09. The molecule has 0 aliphatic heterocycles. The summed E-state index contributed by atoms with van der Waals surface area (Å²) < 4.78 is 0. The van der Waals surface area contributed by atoms with Crippen molar-refractivity contribution < 1.29 is 0 Å². The molecule has 0 amide bonds. The van der Waals surface area contributed by atoms with Crippen molar-refractivity contribution in [1.82, 2.24) is 25.1 Å². The highest BCUT2D eigenvalue weighted by atomic mass is 15.1. The van der Waals surface area contributed by atoms with Gasteiger partial charge in [-0.25, -0.2) is 9.97 Å². The maximum atomic E-state index is 5.93. The Morgan fingerprint density at radius 2 is 2.11 bits per heavy atom. The van der Waals surface area contributed by atoms with E-state index in [9.17, 15) is 0 Å². The first-order valence-corrected chi connectivity index (χ1v) is 5.85. The Labute approximate surface area is 107 Å². The van der Waals surface area contributed by atoms with Gasteiger partial charge in [0.15, 0.2) is 0 Å². The quantitative estimate of drug-likeness (QED) is 0.482. The highest BCUT2D eigenvalue weighted by molar-refractivity contribution is 6.06. The molecule has 0 spiro atoms. The van der Waals surface area contributed by atoms with Crippen LogP contribution in [0.5, 0.6) is 0 Å². The molecule has 0 saturated carbocycles. The molecule has 0 bridgehead atoms. The van der Waals surface area contributed by atoms with Crippen molar-refractivity contribution in [3.8, 4) is 11.3 Å². The molecule has 4 aromatic rings. The molecule has 3 heterocycles. The van der Waals surface area contributed by atoms with Crippen LogP contribution < -0.4 is 5.73 Å². The lowest BCUT2D eigenvalue weighted by molar-refractivity contribution is 1.10. The van der Waals surface area contributed by atoms with E-state index in [1.807, 2.05) is 24.3 Å². The molecule has 92 valence electrons. The molecule has 0 aliphatic carbocycles. The second-order valence-electron chi connectivity index (χ2n) is 4.33. The molecule has 0 saturated heterocycles. The topological polar surface area (TPSA) is 96.3 Å². The van der Waals surface area contributed by atoms with Gasteiger partial charge in [0.2, 0.25) is 0 Å². The summed E-state index contributed by atoms with van der Waals surface area (Å²) in [7, 11) is 0. The summed E-state index contributed by atoms with van der Waals surface area (Å²) in [5.41, 5.74) is 10.4. The van der Waals surface area contributed by atoms with Crippen molar-refractivity contribution in [3.63, 3.8) is 0 Å². The molecule has 4 N–H and O–H groups in total. The van der Waals surface area contributed by atoms with Crippen molar-refractivity contribution in [1.29, 1.82) is 0 Å². The van der Waals surface area contributed by atoms with E-state index in [2.05, 4.69) is 25.1 Å². The minimum absolute atomic E-state index is 0.460. The predicted molar refractivity (Wildman–Crippen MR) is 73.4 cm³/mol. The van der Waals surface area contributed by atoms with E-state index in [0.29, 0.717) is 5.82 Å². The summed E-state index contributed by atoms with van der Waals surface area (Å²) in [6.45, 7) is 0. The van der Waals surface area contributed by atoms with Gasteiger partial charge in [-0.15, -0.1) is 0 Å². The van der Waals surface area contributed by atoms with Crippen LogP contribution in [0.4, 0.5) is 5.82 Å². The first-order chi connectivity index (χ1) is 9.33. The molecule has 0 atom stereocenters. The zero-order chi connectivity index (χ0) is 12.8. The molecule has 0 fully saturated rings. The number of nitrogens with two attached hydrogens (primary N) is 1. The molecule has 0 radical (unpaired) electrons. The number of nitrogen functional groups attached to an aromatic ring is 1. The maximum absolute atomic E-state index is 5.93. The molecule has 4 rings (SSSR count). The van der Waals surface area contributed by atoms with Gasteiger partial charge in [-0.1, -0.05) is 6.07 Å². The van der Waals surface area contributed by atoms with E-state index in [-0.39, 0.29) is 0 Å². The van der Waals surface area contributed by atoms with Gasteiger partial charge in [-0.3, -0.25) is 5.10 Å². The molecule has 3 aromatic heterocycles. The van der Waals surface area contributed by atoms with E-state index in [4.69, 9.17) is 5.73 Å². The molecule has 1 aromatic carbocycles. The highest BCUT2D eigenvalue weighted by Crippen LogP contribution is 2.28. The third-order valence-electron chi connectivity index (χ3n) is 3.20. The number of pyridine rings is 1. The Bertz CT molecular complexity index is 875. The van der Waals surface area contributed by atoms with Crippen LogP contribution in [-0.2, 0) is 0 Å².